The standard InChI is InChI=1S/C22H35NO3/c1-2-3-4-5-6-7-8-9-10-11-12-13-22(26)23-17-16-19-14-15-20(24)21(25)18-19/h5-6,14-15,18,24-25H,2-4,7-13,16-17H2,1H3,(H,23,26)/b6-5-. The SMILES string of the molecule is CCCC/C=C\CCCCCCCC(=O)NCCc1ccc(O)c(O)c1. The van der Waals surface area contributed by atoms with Gasteiger partial charge in [-0.2, -0.15) is 0 Å². The van der Waals surface area contributed by atoms with E-state index in [9.17, 15) is 15.0 Å². The number of allylic oxidation sites excluding steroid dienone is 2. The molecular weight excluding hydrogens is 326 g/mol. The van der Waals surface area contributed by atoms with E-state index < -0.39 is 0 Å². The van der Waals surface area contributed by atoms with Crippen molar-refractivity contribution in [2.24, 2.45) is 0 Å². The number of hydrogen-bond donors (Lipinski definition) is 3. The molecule has 0 aliphatic heterocycles. The van der Waals surface area contributed by atoms with Gasteiger partial charge in [0.25, 0.3) is 0 Å². The second kappa shape index (κ2) is 14.2. The van der Waals surface area contributed by atoms with Gasteiger partial charge in [-0.3, -0.25) is 4.79 Å². The quantitative estimate of drug-likeness (QED) is 0.241. The number of carbonyl (C=O) groups is 1. The maximum Gasteiger partial charge on any atom is 0.220 e. The lowest BCUT2D eigenvalue weighted by Crippen LogP contribution is -2.25. The lowest BCUT2D eigenvalue weighted by atomic mass is 10.1. The van der Waals surface area contributed by atoms with Gasteiger partial charge in [-0.1, -0.05) is 57.2 Å². The Morgan fingerprint density at radius 3 is 2.38 bits per heavy atom. The predicted octanol–water partition coefficient (Wildman–Crippen LogP) is 5.23. The highest BCUT2D eigenvalue weighted by molar-refractivity contribution is 5.75. The minimum Gasteiger partial charge on any atom is -0.504 e. The molecule has 0 aliphatic carbocycles. The van der Waals surface area contributed by atoms with Gasteiger partial charge in [0, 0.05) is 13.0 Å². The van der Waals surface area contributed by atoms with Crippen LogP contribution in [0.2, 0.25) is 0 Å². The molecule has 0 spiro atoms. The Balaban J connectivity index is 1.95. The van der Waals surface area contributed by atoms with Gasteiger partial charge < -0.3 is 15.5 Å². The third kappa shape index (κ3) is 10.8. The summed E-state index contributed by atoms with van der Waals surface area (Å²) in [5.74, 6) is -0.151. The number of nitrogens with one attached hydrogen (secondary N) is 1. The van der Waals surface area contributed by atoms with Gasteiger partial charge in [-0.25, -0.2) is 0 Å². The average molecular weight is 362 g/mol. The van der Waals surface area contributed by atoms with Crippen LogP contribution >= 0.6 is 0 Å². The lowest BCUT2D eigenvalue weighted by molar-refractivity contribution is -0.121. The fourth-order valence-electron chi connectivity index (χ4n) is 2.79. The first-order valence-electron chi connectivity index (χ1n) is 10.1. The molecule has 0 saturated heterocycles. The monoisotopic (exact) mass is 361 g/mol. The fraction of sp³-hybridized carbons (Fsp3) is 0.591. The van der Waals surface area contributed by atoms with Crippen molar-refractivity contribution < 1.29 is 15.0 Å². The van der Waals surface area contributed by atoms with E-state index in [0.29, 0.717) is 19.4 Å². The molecule has 0 aromatic heterocycles. The van der Waals surface area contributed by atoms with Crippen molar-refractivity contribution in [2.45, 2.75) is 77.6 Å². The molecule has 1 amide bonds. The second-order valence-corrected chi connectivity index (χ2v) is 6.84. The van der Waals surface area contributed by atoms with Crippen LogP contribution in [0.4, 0.5) is 0 Å². The smallest absolute Gasteiger partial charge is 0.220 e. The van der Waals surface area contributed by atoms with Crippen molar-refractivity contribution in [1.29, 1.82) is 0 Å². The molecule has 1 aromatic rings. The van der Waals surface area contributed by atoms with Crippen LogP contribution in [-0.2, 0) is 11.2 Å². The minimum absolute atomic E-state index is 0.0897. The van der Waals surface area contributed by atoms with Crippen molar-refractivity contribution in [3.05, 3.63) is 35.9 Å². The summed E-state index contributed by atoms with van der Waals surface area (Å²) in [6.45, 7) is 2.77. The molecule has 0 radical (unpaired) electrons. The van der Waals surface area contributed by atoms with E-state index in [1.165, 1.54) is 57.1 Å². The van der Waals surface area contributed by atoms with Crippen LogP contribution in [0.25, 0.3) is 0 Å². The van der Waals surface area contributed by atoms with Gasteiger partial charge in [0.05, 0.1) is 0 Å². The lowest BCUT2D eigenvalue weighted by Gasteiger charge is -2.06. The molecule has 146 valence electrons. The molecule has 0 saturated carbocycles. The van der Waals surface area contributed by atoms with E-state index in [2.05, 4.69) is 24.4 Å². The Bertz CT molecular complexity index is 540. The van der Waals surface area contributed by atoms with Crippen LogP contribution in [0.3, 0.4) is 0 Å². The highest BCUT2D eigenvalue weighted by Crippen LogP contribution is 2.24. The molecule has 0 unspecified atom stereocenters. The fourth-order valence-corrected chi connectivity index (χ4v) is 2.79. The van der Waals surface area contributed by atoms with E-state index in [1.54, 1.807) is 6.07 Å². The van der Waals surface area contributed by atoms with Gasteiger partial charge in [-0.15, -0.1) is 0 Å². The number of rotatable bonds is 14. The van der Waals surface area contributed by atoms with Crippen LogP contribution in [0.15, 0.2) is 30.4 Å². The number of phenols is 2. The highest BCUT2D eigenvalue weighted by atomic mass is 16.3. The average Bonchev–Trinajstić information content (AvgIpc) is 2.62. The van der Waals surface area contributed by atoms with Crippen molar-refractivity contribution >= 4 is 5.91 Å². The summed E-state index contributed by atoms with van der Waals surface area (Å²) in [6, 6.07) is 4.74. The van der Waals surface area contributed by atoms with Gasteiger partial charge in [0.2, 0.25) is 5.91 Å². The van der Waals surface area contributed by atoms with E-state index in [4.69, 9.17) is 0 Å². The van der Waals surface area contributed by atoms with Crippen LogP contribution in [-0.4, -0.2) is 22.7 Å². The molecule has 0 heterocycles. The number of benzene rings is 1. The Morgan fingerprint density at radius 2 is 1.65 bits per heavy atom. The second-order valence-electron chi connectivity index (χ2n) is 6.84. The number of carbonyl (C=O) groups excluding carboxylic acids is 1. The molecule has 1 aromatic carbocycles. The van der Waals surface area contributed by atoms with E-state index in [0.717, 1.165) is 18.4 Å². The molecule has 0 fully saturated rings. The Labute approximate surface area is 158 Å². The summed E-state index contributed by atoms with van der Waals surface area (Å²) in [6.07, 6.45) is 16.5. The van der Waals surface area contributed by atoms with Crippen molar-refractivity contribution in [3.63, 3.8) is 0 Å². The van der Waals surface area contributed by atoms with Crippen LogP contribution < -0.4 is 5.32 Å². The highest BCUT2D eigenvalue weighted by Gasteiger charge is 2.03. The molecule has 26 heavy (non-hydrogen) atoms. The molecular formula is C22H35NO3. The molecule has 0 aliphatic rings. The number of unbranched alkanes of at least 4 members (excludes halogenated alkanes) is 7. The van der Waals surface area contributed by atoms with Crippen molar-refractivity contribution in [3.8, 4) is 11.5 Å². The van der Waals surface area contributed by atoms with Crippen LogP contribution in [0.1, 0.15) is 76.7 Å². The summed E-state index contributed by atoms with van der Waals surface area (Å²) in [5.41, 5.74) is 0.893. The number of aromatic hydroxyl groups is 2. The summed E-state index contributed by atoms with van der Waals surface area (Å²) in [4.78, 5) is 11.8. The van der Waals surface area contributed by atoms with Crippen LogP contribution in [0, 0.1) is 0 Å². The number of hydrogen-bond acceptors (Lipinski definition) is 3. The zero-order valence-corrected chi connectivity index (χ0v) is 16.2. The largest absolute Gasteiger partial charge is 0.504 e. The third-order valence-electron chi connectivity index (χ3n) is 4.44. The molecule has 0 bridgehead atoms. The normalized spacial score (nSPS) is 11.1. The summed E-state index contributed by atoms with van der Waals surface area (Å²) in [7, 11) is 0. The van der Waals surface area contributed by atoms with Gasteiger partial charge in [-0.05, 0) is 49.8 Å². The Hall–Kier alpha value is -1.97. The van der Waals surface area contributed by atoms with Gasteiger partial charge in [0.15, 0.2) is 11.5 Å². The predicted molar refractivity (Wildman–Crippen MR) is 107 cm³/mol. The van der Waals surface area contributed by atoms with Crippen molar-refractivity contribution in [2.75, 3.05) is 6.54 Å². The molecule has 0 atom stereocenters. The van der Waals surface area contributed by atoms with E-state index >= 15 is 0 Å². The summed E-state index contributed by atoms with van der Waals surface area (Å²) < 4.78 is 0. The first-order chi connectivity index (χ1) is 12.6. The zero-order chi connectivity index (χ0) is 19.0. The molecule has 4 heteroatoms. The maximum atomic E-state index is 11.8. The topological polar surface area (TPSA) is 69.6 Å². The summed E-state index contributed by atoms with van der Waals surface area (Å²) >= 11 is 0. The Morgan fingerprint density at radius 1 is 0.962 bits per heavy atom. The zero-order valence-electron chi connectivity index (χ0n) is 16.2. The third-order valence-corrected chi connectivity index (χ3v) is 4.44. The maximum absolute atomic E-state index is 11.8. The number of phenolic OH excluding ortho intramolecular Hbond substituents is 2. The summed E-state index contributed by atoms with van der Waals surface area (Å²) in [5, 5.41) is 21.6. The number of amides is 1. The first kappa shape index (κ1) is 22.1. The molecule has 4 nitrogen and oxygen atoms in total. The Kier molecular flexibility index (Phi) is 12.1. The van der Waals surface area contributed by atoms with E-state index in [-0.39, 0.29) is 17.4 Å². The van der Waals surface area contributed by atoms with Gasteiger partial charge >= 0.3 is 0 Å². The van der Waals surface area contributed by atoms with E-state index in [1.807, 2.05) is 0 Å². The minimum atomic E-state index is -0.120. The molecule has 1 rings (SSSR count). The van der Waals surface area contributed by atoms with Crippen LogP contribution in [0.5, 0.6) is 11.5 Å². The first-order valence-corrected chi connectivity index (χ1v) is 10.1. The molecule has 3 N–H and O–H groups in total. The van der Waals surface area contributed by atoms with Gasteiger partial charge in [0.1, 0.15) is 0 Å². The van der Waals surface area contributed by atoms with Crippen molar-refractivity contribution in [1.82, 2.24) is 5.32 Å².